The minimum Gasteiger partial charge on any atom is -0.410 e. The van der Waals surface area contributed by atoms with Gasteiger partial charge < -0.3 is 10.1 Å². The molecule has 1 aliphatic carbocycles. The maximum Gasteiger partial charge on any atom is 0.412 e. The standard InChI is InChI=1S/C35H61NO2/c1-6-8-10-12-14-16-18-22-30-23-20-25-32(31(30)24-19-17-15-13-11-9-7-2)38-33(37)36-29-35(5)27-21-26-34(3,4)28-35/h20,23,25H,6-19,21-22,24,26-29H2,1-5H3,(H,36,37). The van der Waals surface area contributed by atoms with Crippen LogP contribution in [0, 0.1) is 10.8 Å². The van der Waals surface area contributed by atoms with Crippen molar-refractivity contribution in [2.45, 2.75) is 163 Å². The molecule has 1 N–H and O–H groups in total. The molecule has 1 atom stereocenters. The van der Waals surface area contributed by atoms with Crippen molar-refractivity contribution in [1.82, 2.24) is 5.32 Å². The van der Waals surface area contributed by atoms with Crippen LogP contribution in [0.15, 0.2) is 18.2 Å². The summed E-state index contributed by atoms with van der Waals surface area (Å²) < 4.78 is 6.01. The number of hydrogen-bond donors (Lipinski definition) is 1. The minimum atomic E-state index is -0.288. The summed E-state index contributed by atoms with van der Waals surface area (Å²) in [6.45, 7) is 12.3. The number of hydrogen-bond acceptors (Lipinski definition) is 2. The van der Waals surface area contributed by atoms with E-state index in [1.807, 2.05) is 6.07 Å². The van der Waals surface area contributed by atoms with Gasteiger partial charge in [0.25, 0.3) is 0 Å². The summed E-state index contributed by atoms with van der Waals surface area (Å²) in [7, 11) is 0. The van der Waals surface area contributed by atoms with E-state index >= 15 is 0 Å². The number of amides is 1. The Kier molecular flexibility index (Phi) is 15.5. The van der Waals surface area contributed by atoms with Gasteiger partial charge in [0.15, 0.2) is 0 Å². The molecule has 38 heavy (non-hydrogen) atoms. The highest BCUT2D eigenvalue weighted by Gasteiger charge is 2.36. The summed E-state index contributed by atoms with van der Waals surface area (Å²) in [5.74, 6) is 0.781. The second kappa shape index (κ2) is 18.0. The van der Waals surface area contributed by atoms with Gasteiger partial charge in [-0.1, -0.05) is 130 Å². The third-order valence-electron chi connectivity index (χ3n) is 8.71. The van der Waals surface area contributed by atoms with Crippen LogP contribution in [0.3, 0.4) is 0 Å². The molecule has 1 saturated carbocycles. The van der Waals surface area contributed by atoms with Gasteiger partial charge in [0.1, 0.15) is 5.75 Å². The maximum atomic E-state index is 13.0. The molecule has 0 saturated heterocycles. The highest BCUT2D eigenvalue weighted by Crippen LogP contribution is 2.45. The number of ether oxygens (including phenoxy) is 1. The lowest BCUT2D eigenvalue weighted by atomic mass is 9.64. The third-order valence-corrected chi connectivity index (χ3v) is 8.71. The monoisotopic (exact) mass is 527 g/mol. The van der Waals surface area contributed by atoms with Crippen LogP contribution in [-0.2, 0) is 12.8 Å². The first-order valence-electron chi connectivity index (χ1n) is 16.3. The normalized spacial score (nSPS) is 18.9. The average Bonchev–Trinajstić information content (AvgIpc) is 2.87. The third kappa shape index (κ3) is 13.0. The predicted octanol–water partition coefficient (Wildman–Crippen LogP) is 11.0. The molecule has 1 aromatic rings. The van der Waals surface area contributed by atoms with Crippen molar-refractivity contribution in [3.05, 3.63) is 29.3 Å². The van der Waals surface area contributed by atoms with E-state index in [0.29, 0.717) is 12.0 Å². The Bertz CT molecular complexity index is 786. The zero-order valence-corrected chi connectivity index (χ0v) is 25.9. The van der Waals surface area contributed by atoms with E-state index in [9.17, 15) is 4.79 Å². The number of carbonyl (C=O) groups excluding carboxylic acids is 1. The van der Waals surface area contributed by atoms with Gasteiger partial charge in [-0.2, -0.15) is 0 Å². The first-order chi connectivity index (χ1) is 18.3. The Labute approximate surface area is 236 Å². The summed E-state index contributed by atoms with van der Waals surface area (Å²) in [6.07, 6.45) is 25.0. The summed E-state index contributed by atoms with van der Waals surface area (Å²) in [5.41, 5.74) is 3.16. The molecule has 0 radical (unpaired) electrons. The summed E-state index contributed by atoms with van der Waals surface area (Å²) in [5, 5.41) is 3.14. The fourth-order valence-electron chi connectivity index (χ4n) is 6.65. The van der Waals surface area contributed by atoms with Gasteiger partial charge in [0.05, 0.1) is 0 Å². The molecule has 1 amide bonds. The lowest BCUT2D eigenvalue weighted by molar-refractivity contribution is 0.0969. The Balaban J connectivity index is 1.95. The number of benzene rings is 1. The largest absolute Gasteiger partial charge is 0.412 e. The van der Waals surface area contributed by atoms with Gasteiger partial charge in [-0.25, -0.2) is 4.79 Å². The van der Waals surface area contributed by atoms with Crippen LogP contribution in [-0.4, -0.2) is 12.6 Å². The number of rotatable bonds is 19. The number of unbranched alkanes of at least 4 members (excludes halogenated alkanes) is 12. The van der Waals surface area contributed by atoms with Crippen molar-refractivity contribution < 1.29 is 9.53 Å². The molecule has 1 aliphatic rings. The van der Waals surface area contributed by atoms with E-state index in [1.165, 1.54) is 120 Å². The van der Waals surface area contributed by atoms with Gasteiger partial charge >= 0.3 is 6.09 Å². The van der Waals surface area contributed by atoms with Gasteiger partial charge in [0, 0.05) is 6.54 Å². The van der Waals surface area contributed by atoms with E-state index in [4.69, 9.17) is 4.74 Å². The highest BCUT2D eigenvalue weighted by atomic mass is 16.6. The molecule has 0 aliphatic heterocycles. The van der Waals surface area contributed by atoms with Crippen LogP contribution in [0.2, 0.25) is 0 Å². The zero-order chi connectivity index (χ0) is 27.7. The number of carbonyl (C=O) groups is 1. The number of aryl methyl sites for hydroxylation is 1. The highest BCUT2D eigenvalue weighted by molar-refractivity contribution is 5.71. The average molecular weight is 528 g/mol. The first kappa shape index (κ1) is 32.7. The van der Waals surface area contributed by atoms with Crippen molar-refractivity contribution >= 4 is 6.09 Å². The second-order valence-corrected chi connectivity index (χ2v) is 13.4. The molecule has 0 spiro atoms. The molecule has 3 heteroatoms. The van der Waals surface area contributed by atoms with Crippen molar-refractivity contribution in [2.24, 2.45) is 10.8 Å². The van der Waals surface area contributed by atoms with E-state index in [0.717, 1.165) is 25.0 Å². The minimum absolute atomic E-state index is 0.153. The first-order valence-corrected chi connectivity index (χ1v) is 16.3. The van der Waals surface area contributed by atoms with Crippen LogP contribution >= 0.6 is 0 Å². The quantitative estimate of drug-likeness (QED) is 0.182. The molecule has 0 heterocycles. The summed E-state index contributed by atoms with van der Waals surface area (Å²) >= 11 is 0. The second-order valence-electron chi connectivity index (χ2n) is 13.4. The smallest absolute Gasteiger partial charge is 0.410 e. The summed E-state index contributed by atoms with van der Waals surface area (Å²) in [4.78, 5) is 13.0. The Morgan fingerprint density at radius 2 is 1.37 bits per heavy atom. The Morgan fingerprint density at radius 3 is 1.97 bits per heavy atom. The zero-order valence-electron chi connectivity index (χ0n) is 25.9. The van der Waals surface area contributed by atoms with E-state index < -0.39 is 0 Å². The fraction of sp³-hybridized carbons (Fsp3) is 0.800. The van der Waals surface area contributed by atoms with Crippen molar-refractivity contribution in [1.29, 1.82) is 0 Å². The molecule has 0 aromatic heterocycles. The van der Waals surface area contributed by atoms with Crippen molar-refractivity contribution in [2.75, 3.05) is 6.54 Å². The molecule has 218 valence electrons. The van der Waals surface area contributed by atoms with E-state index in [-0.39, 0.29) is 11.5 Å². The Morgan fingerprint density at radius 1 is 0.789 bits per heavy atom. The molecule has 2 rings (SSSR count). The lowest BCUT2D eigenvalue weighted by Gasteiger charge is -2.42. The Hall–Kier alpha value is -1.51. The molecule has 1 aromatic carbocycles. The number of nitrogens with one attached hydrogen (secondary N) is 1. The van der Waals surface area contributed by atoms with E-state index in [2.05, 4.69) is 52.1 Å². The van der Waals surface area contributed by atoms with Crippen LogP contribution in [0.1, 0.15) is 161 Å². The van der Waals surface area contributed by atoms with Gasteiger partial charge in [-0.3, -0.25) is 0 Å². The fourth-order valence-corrected chi connectivity index (χ4v) is 6.65. The van der Waals surface area contributed by atoms with Crippen LogP contribution < -0.4 is 10.1 Å². The molecule has 3 nitrogen and oxygen atoms in total. The summed E-state index contributed by atoms with van der Waals surface area (Å²) in [6, 6.07) is 6.36. The van der Waals surface area contributed by atoms with Crippen LogP contribution in [0.4, 0.5) is 4.79 Å². The topological polar surface area (TPSA) is 38.3 Å². The lowest BCUT2D eigenvalue weighted by Crippen LogP contribution is -2.41. The van der Waals surface area contributed by atoms with Crippen LogP contribution in [0.25, 0.3) is 0 Å². The molecule has 0 bridgehead atoms. The molecular weight excluding hydrogens is 466 g/mol. The SMILES string of the molecule is CCCCCCCCCc1cccc(OC(=O)NCC2(C)CCCC(C)(C)C2)c1CCCCCCCCC. The molecule has 1 unspecified atom stereocenters. The predicted molar refractivity (Wildman–Crippen MR) is 164 cm³/mol. The maximum absolute atomic E-state index is 13.0. The van der Waals surface area contributed by atoms with E-state index in [1.54, 1.807) is 0 Å². The molecule has 1 fully saturated rings. The van der Waals surface area contributed by atoms with Gasteiger partial charge in [0.2, 0.25) is 0 Å². The van der Waals surface area contributed by atoms with Crippen LogP contribution in [0.5, 0.6) is 5.75 Å². The van der Waals surface area contributed by atoms with Crippen molar-refractivity contribution in [3.8, 4) is 5.75 Å². The van der Waals surface area contributed by atoms with Gasteiger partial charge in [-0.15, -0.1) is 0 Å². The van der Waals surface area contributed by atoms with Gasteiger partial charge in [-0.05, 0) is 73.0 Å². The molecular formula is C35H61NO2. The van der Waals surface area contributed by atoms with Crippen molar-refractivity contribution in [3.63, 3.8) is 0 Å².